The largest absolute Gasteiger partial charge is 0.350 e. The van der Waals surface area contributed by atoms with Crippen molar-refractivity contribution in [1.82, 2.24) is 10.3 Å². The number of nitrogens with two attached hydrogens (primary N) is 1. The third-order valence-electron chi connectivity index (χ3n) is 2.13. The van der Waals surface area contributed by atoms with Crippen LogP contribution in [0.15, 0.2) is 11.7 Å². The van der Waals surface area contributed by atoms with Crippen LogP contribution in [-0.2, 0) is 11.3 Å². The monoisotopic (exact) mass is 227 g/mol. The van der Waals surface area contributed by atoms with E-state index in [1.807, 2.05) is 0 Å². The van der Waals surface area contributed by atoms with Crippen molar-refractivity contribution in [2.24, 2.45) is 5.73 Å². The van der Waals surface area contributed by atoms with Gasteiger partial charge in [-0.1, -0.05) is 19.8 Å². The zero-order valence-corrected chi connectivity index (χ0v) is 9.72. The molecule has 1 aromatic heterocycles. The number of nitrogens with zero attached hydrogens (tertiary/aromatic N) is 1. The highest BCUT2D eigenvalue weighted by Crippen LogP contribution is 2.04. The molecule has 1 amide bonds. The second-order valence-electron chi connectivity index (χ2n) is 3.43. The third kappa shape index (κ3) is 4.40. The lowest BCUT2D eigenvalue weighted by molar-refractivity contribution is -0.122. The molecule has 0 fully saturated rings. The molecule has 0 aromatic carbocycles. The fraction of sp³-hybridized carbons (Fsp3) is 0.600. The predicted molar refractivity (Wildman–Crippen MR) is 61.5 cm³/mol. The van der Waals surface area contributed by atoms with Crippen LogP contribution in [0.5, 0.6) is 0 Å². The van der Waals surface area contributed by atoms with Crippen molar-refractivity contribution in [1.29, 1.82) is 0 Å². The van der Waals surface area contributed by atoms with E-state index >= 15 is 0 Å². The van der Waals surface area contributed by atoms with E-state index in [2.05, 4.69) is 17.2 Å². The Morgan fingerprint density at radius 2 is 2.53 bits per heavy atom. The molecule has 1 heterocycles. The van der Waals surface area contributed by atoms with E-state index in [9.17, 15) is 4.79 Å². The molecule has 3 N–H and O–H groups in total. The van der Waals surface area contributed by atoms with Gasteiger partial charge < -0.3 is 11.1 Å². The topological polar surface area (TPSA) is 68.0 Å². The Bertz CT molecular complexity index is 287. The molecule has 5 heteroatoms. The van der Waals surface area contributed by atoms with E-state index in [1.165, 1.54) is 11.3 Å². The summed E-state index contributed by atoms with van der Waals surface area (Å²) in [5.41, 5.74) is 7.47. The third-order valence-corrected chi connectivity index (χ3v) is 2.91. The first-order chi connectivity index (χ1) is 7.24. The van der Waals surface area contributed by atoms with Crippen LogP contribution in [0.1, 0.15) is 31.1 Å². The molecule has 1 rings (SSSR count). The average Bonchev–Trinajstić information content (AvgIpc) is 2.75. The van der Waals surface area contributed by atoms with Gasteiger partial charge in [-0.05, 0) is 6.42 Å². The van der Waals surface area contributed by atoms with Gasteiger partial charge in [0.25, 0.3) is 0 Å². The second kappa shape index (κ2) is 6.53. The van der Waals surface area contributed by atoms with Crippen LogP contribution in [0.25, 0.3) is 0 Å². The molecule has 4 nitrogen and oxygen atoms in total. The molecule has 84 valence electrons. The number of thiazole rings is 1. The fourth-order valence-corrected chi connectivity index (χ4v) is 1.72. The van der Waals surface area contributed by atoms with E-state index in [-0.39, 0.29) is 11.9 Å². The maximum atomic E-state index is 11.5. The van der Waals surface area contributed by atoms with Crippen molar-refractivity contribution in [3.05, 3.63) is 16.6 Å². The van der Waals surface area contributed by atoms with Gasteiger partial charge in [0.2, 0.25) is 5.91 Å². The Labute approximate surface area is 93.9 Å². The minimum absolute atomic E-state index is 0.0724. The first-order valence-electron chi connectivity index (χ1n) is 5.14. The summed E-state index contributed by atoms with van der Waals surface area (Å²) < 4.78 is 0. The van der Waals surface area contributed by atoms with E-state index in [1.54, 1.807) is 11.7 Å². The summed E-state index contributed by atoms with van der Waals surface area (Å²) in [4.78, 5) is 16.5. The number of carbonyl (C=O) groups excluding carboxylic acids is 1. The summed E-state index contributed by atoms with van der Waals surface area (Å²) in [6, 6.07) is -0.377. The zero-order chi connectivity index (χ0) is 11.1. The van der Waals surface area contributed by atoms with Crippen molar-refractivity contribution in [3.63, 3.8) is 0 Å². The van der Waals surface area contributed by atoms with Crippen LogP contribution < -0.4 is 11.1 Å². The lowest BCUT2D eigenvalue weighted by atomic mass is 10.1. The molecule has 1 aromatic rings. The molecule has 0 saturated carbocycles. The smallest absolute Gasteiger partial charge is 0.237 e. The number of hydrogen-bond acceptors (Lipinski definition) is 4. The summed E-state index contributed by atoms with van der Waals surface area (Å²) in [5.74, 6) is -0.0724. The van der Waals surface area contributed by atoms with E-state index in [0.29, 0.717) is 6.54 Å². The van der Waals surface area contributed by atoms with Crippen molar-refractivity contribution in [2.45, 2.75) is 38.8 Å². The second-order valence-corrected chi connectivity index (χ2v) is 4.41. The SMILES string of the molecule is CCCCC(N)C(=O)NCc1cncs1. The van der Waals surface area contributed by atoms with Gasteiger partial charge in [-0.15, -0.1) is 11.3 Å². The Morgan fingerprint density at radius 3 is 3.13 bits per heavy atom. The molecular formula is C10H17N3OS. The van der Waals surface area contributed by atoms with Crippen LogP contribution in [0, 0.1) is 0 Å². The number of hydrogen-bond donors (Lipinski definition) is 2. The fourth-order valence-electron chi connectivity index (χ4n) is 1.19. The number of nitrogens with one attached hydrogen (secondary N) is 1. The van der Waals surface area contributed by atoms with Crippen LogP contribution in [0.2, 0.25) is 0 Å². The number of amides is 1. The summed E-state index contributed by atoms with van der Waals surface area (Å²) in [7, 11) is 0. The molecular weight excluding hydrogens is 210 g/mol. The standard InChI is InChI=1S/C10H17N3OS/c1-2-3-4-9(11)10(14)13-6-8-5-12-7-15-8/h5,7,9H,2-4,6,11H2,1H3,(H,13,14). The number of carbonyl (C=O) groups is 1. The van der Waals surface area contributed by atoms with Gasteiger partial charge >= 0.3 is 0 Å². The lowest BCUT2D eigenvalue weighted by Crippen LogP contribution is -2.40. The Kier molecular flexibility index (Phi) is 5.28. The summed E-state index contributed by atoms with van der Waals surface area (Å²) in [6.07, 6.45) is 4.57. The molecule has 15 heavy (non-hydrogen) atoms. The van der Waals surface area contributed by atoms with Gasteiger partial charge in [0.15, 0.2) is 0 Å². The van der Waals surface area contributed by atoms with Crippen LogP contribution >= 0.6 is 11.3 Å². The predicted octanol–water partition coefficient (Wildman–Crippen LogP) is 1.28. The van der Waals surface area contributed by atoms with Crippen LogP contribution in [0.3, 0.4) is 0 Å². The molecule has 0 aliphatic carbocycles. The number of unbranched alkanes of at least 4 members (excludes halogenated alkanes) is 1. The first-order valence-corrected chi connectivity index (χ1v) is 6.02. The lowest BCUT2D eigenvalue weighted by Gasteiger charge is -2.10. The maximum Gasteiger partial charge on any atom is 0.237 e. The van der Waals surface area contributed by atoms with E-state index < -0.39 is 0 Å². The summed E-state index contributed by atoms with van der Waals surface area (Å²) in [6.45, 7) is 2.62. The Morgan fingerprint density at radius 1 is 1.73 bits per heavy atom. The summed E-state index contributed by atoms with van der Waals surface area (Å²) in [5, 5.41) is 2.80. The zero-order valence-electron chi connectivity index (χ0n) is 8.90. The number of rotatable bonds is 6. The minimum atomic E-state index is -0.377. The molecule has 0 spiro atoms. The average molecular weight is 227 g/mol. The highest BCUT2D eigenvalue weighted by molar-refractivity contribution is 7.09. The van der Waals surface area contributed by atoms with Crippen molar-refractivity contribution in [3.8, 4) is 0 Å². The van der Waals surface area contributed by atoms with Gasteiger partial charge in [-0.2, -0.15) is 0 Å². The molecule has 0 aliphatic heterocycles. The first kappa shape index (κ1) is 12.1. The maximum absolute atomic E-state index is 11.5. The highest BCUT2D eigenvalue weighted by atomic mass is 32.1. The van der Waals surface area contributed by atoms with Gasteiger partial charge in [-0.3, -0.25) is 9.78 Å². The van der Waals surface area contributed by atoms with Crippen molar-refractivity contribution in [2.75, 3.05) is 0 Å². The van der Waals surface area contributed by atoms with Gasteiger partial charge in [-0.25, -0.2) is 0 Å². The molecule has 1 unspecified atom stereocenters. The highest BCUT2D eigenvalue weighted by Gasteiger charge is 2.11. The van der Waals surface area contributed by atoms with Gasteiger partial charge in [0.1, 0.15) is 0 Å². The van der Waals surface area contributed by atoms with Crippen LogP contribution in [0.4, 0.5) is 0 Å². The Balaban J connectivity index is 2.23. The normalized spacial score (nSPS) is 12.4. The van der Waals surface area contributed by atoms with Gasteiger partial charge in [0, 0.05) is 11.1 Å². The Hall–Kier alpha value is -0.940. The van der Waals surface area contributed by atoms with Gasteiger partial charge in [0.05, 0.1) is 18.1 Å². The van der Waals surface area contributed by atoms with Crippen molar-refractivity contribution >= 4 is 17.2 Å². The van der Waals surface area contributed by atoms with Crippen molar-refractivity contribution < 1.29 is 4.79 Å². The number of aromatic nitrogens is 1. The minimum Gasteiger partial charge on any atom is -0.350 e. The van der Waals surface area contributed by atoms with Crippen LogP contribution in [-0.4, -0.2) is 16.9 Å². The quantitative estimate of drug-likeness (QED) is 0.769. The van der Waals surface area contributed by atoms with E-state index in [4.69, 9.17) is 5.73 Å². The molecule has 0 aliphatic rings. The summed E-state index contributed by atoms with van der Waals surface area (Å²) >= 11 is 1.53. The van der Waals surface area contributed by atoms with E-state index in [0.717, 1.165) is 24.1 Å². The molecule has 1 atom stereocenters. The molecule has 0 saturated heterocycles. The molecule has 0 bridgehead atoms. The molecule has 0 radical (unpaired) electrons.